The number of ether oxygens (including phenoxy) is 1. The van der Waals surface area contributed by atoms with Gasteiger partial charge in [-0.1, -0.05) is 18.6 Å². The summed E-state index contributed by atoms with van der Waals surface area (Å²) in [5.74, 6) is -0.412. The lowest BCUT2D eigenvalue weighted by atomic mass is 10.0. The highest BCUT2D eigenvalue weighted by Gasteiger charge is 2.22. The van der Waals surface area contributed by atoms with Crippen LogP contribution in [0, 0.1) is 17.1 Å². The molecular weight excluding hydrogens is 457 g/mol. The van der Waals surface area contributed by atoms with Gasteiger partial charge in [-0.15, -0.1) is 5.10 Å². The van der Waals surface area contributed by atoms with E-state index in [-0.39, 0.29) is 17.2 Å². The van der Waals surface area contributed by atoms with E-state index >= 15 is 0 Å². The first-order chi connectivity index (χ1) is 16.9. The minimum Gasteiger partial charge on any atom is -0.476 e. The third-order valence-corrected chi connectivity index (χ3v) is 5.02. The predicted octanol–water partition coefficient (Wildman–Crippen LogP) is 3.45. The van der Waals surface area contributed by atoms with Gasteiger partial charge in [0.05, 0.1) is 36.4 Å². The molecule has 0 aromatic carbocycles. The second kappa shape index (κ2) is 11.6. The standard InChI is InChI=1S/C22H26FN9O3/c1-4-6-17(13(3)27-22(33)34)29-20-16(23)9-14(11-24)19(30-20)28-15-10-18(32-8-7-26-31-32)21(25-12-15)35-5-2/h7-10,12-13,17,27H,4-6H2,1-3H3,(H,33,34)(H2,28,29,30)/t13-,17-/m0/s1. The Balaban J connectivity index is 1.94. The summed E-state index contributed by atoms with van der Waals surface area (Å²) >= 11 is 0. The van der Waals surface area contributed by atoms with Gasteiger partial charge >= 0.3 is 6.09 Å². The fourth-order valence-electron chi connectivity index (χ4n) is 3.39. The number of amides is 1. The first-order valence-electron chi connectivity index (χ1n) is 11.0. The Bertz CT molecular complexity index is 1200. The maximum absolute atomic E-state index is 14.8. The lowest BCUT2D eigenvalue weighted by Crippen LogP contribution is -2.44. The normalized spacial score (nSPS) is 12.3. The highest BCUT2D eigenvalue weighted by molar-refractivity contribution is 5.67. The molecule has 0 aliphatic rings. The Morgan fingerprint density at radius 1 is 1.34 bits per heavy atom. The van der Waals surface area contributed by atoms with Crippen molar-refractivity contribution < 1.29 is 19.0 Å². The average molecular weight is 484 g/mol. The SMILES string of the molecule is CCC[C@H](Nc1nc(Nc2cnc(OCC)c(-n3ccnn3)c2)c(C#N)cc1F)[C@H](C)NC(=O)O. The van der Waals surface area contributed by atoms with Crippen LogP contribution in [0.15, 0.2) is 30.7 Å². The largest absolute Gasteiger partial charge is 0.476 e. The van der Waals surface area contributed by atoms with Gasteiger partial charge in [-0.25, -0.2) is 23.8 Å². The number of nitrogens with one attached hydrogen (secondary N) is 3. The molecule has 0 unspecified atom stereocenters. The van der Waals surface area contributed by atoms with E-state index in [9.17, 15) is 14.4 Å². The summed E-state index contributed by atoms with van der Waals surface area (Å²) in [7, 11) is 0. The van der Waals surface area contributed by atoms with Crippen LogP contribution in [0.25, 0.3) is 5.69 Å². The zero-order chi connectivity index (χ0) is 25.4. The molecule has 0 fully saturated rings. The Morgan fingerprint density at radius 2 is 2.14 bits per heavy atom. The van der Waals surface area contributed by atoms with Gasteiger partial charge in [0.15, 0.2) is 17.5 Å². The molecule has 3 aromatic rings. The minimum atomic E-state index is -1.18. The lowest BCUT2D eigenvalue weighted by Gasteiger charge is -2.25. The summed E-state index contributed by atoms with van der Waals surface area (Å²) in [6.45, 7) is 5.83. The molecule has 3 aromatic heterocycles. The third-order valence-electron chi connectivity index (χ3n) is 5.02. The van der Waals surface area contributed by atoms with Crippen LogP contribution in [0.1, 0.15) is 39.2 Å². The molecule has 2 atom stereocenters. The topological polar surface area (TPSA) is 163 Å². The molecule has 0 aliphatic carbocycles. The van der Waals surface area contributed by atoms with Crippen LogP contribution in [0.5, 0.6) is 5.88 Å². The van der Waals surface area contributed by atoms with Crippen molar-refractivity contribution in [3.05, 3.63) is 42.1 Å². The molecule has 0 spiro atoms. The van der Waals surface area contributed by atoms with Crippen molar-refractivity contribution in [2.24, 2.45) is 0 Å². The summed E-state index contributed by atoms with van der Waals surface area (Å²) in [6.07, 6.45) is 4.74. The van der Waals surface area contributed by atoms with E-state index in [1.165, 1.54) is 17.1 Å². The number of aromatic nitrogens is 5. The Hall–Kier alpha value is -4.47. The van der Waals surface area contributed by atoms with E-state index in [1.54, 1.807) is 19.2 Å². The van der Waals surface area contributed by atoms with Crippen LogP contribution < -0.4 is 20.7 Å². The molecule has 0 saturated carbocycles. The van der Waals surface area contributed by atoms with Crippen molar-refractivity contribution in [1.29, 1.82) is 5.26 Å². The van der Waals surface area contributed by atoms with Crippen LogP contribution in [-0.4, -0.2) is 54.9 Å². The fourth-order valence-corrected chi connectivity index (χ4v) is 3.39. The van der Waals surface area contributed by atoms with Crippen molar-refractivity contribution in [3.63, 3.8) is 0 Å². The van der Waals surface area contributed by atoms with E-state index < -0.39 is 24.0 Å². The fraction of sp³-hybridized carbons (Fsp3) is 0.364. The number of carbonyl (C=O) groups is 1. The molecular formula is C22H26FN9O3. The Morgan fingerprint density at radius 3 is 2.77 bits per heavy atom. The van der Waals surface area contributed by atoms with Gasteiger partial charge in [0, 0.05) is 12.1 Å². The van der Waals surface area contributed by atoms with E-state index in [0.717, 1.165) is 12.5 Å². The zero-order valence-electron chi connectivity index (χ0n) is 19.5. The smallest absolute Gasteiger partial charge is 0.404 e. The number of nitriles is 1. The first-order valence-corrected chi connectivity index (χ1v) is 11.0. The van der Waals surface area contributed by atoms with Gasteiger partial charge in [-0.2, -0.15) is 5.26 Å². The van der Waals surface area contributed by atoms with Crippen LogP contribution in [0.3, 0.4) is 0 Å². The van der Waals surface area contributed by atoms with Crippen molar-refractivity contribution in [3.8, 4) is 17.6 Å². The van der Waals surface area contributed by atoms with Crippen molar-refractivity contribution >= 4 is 23.4 Å². The number of nitrogens with zero attached hydrogens (tertiary/aromatic N) is 6. The maximum atomic E-state index is 14.8. The van der Waals surface area contributed by atoms with E-state index in [4.69, 9.17) is 9.84 Å². The second-order valence-corrected chi connectivity index (χ2v) is 7.56. The quantitative estimate of drug-likeness (QED) is 0.318. The van der Waals surface area contributed by atoms with Gasteiger partial charge in [-0.3, -0.25) is 0 Å². The summed E-state index contributed by atoms with van der Waals surface area (Å²) < 4.78 is 21.8. The monoisotopic (exact) mass is 483 g/mol. The zero-order valence-corrected chi connectivity index (χ0v) is 19.5. The van der Waals surface area contributed by atoms with Crippen LogP contribution >= 0.6 is 0 Å². The molecule has 3 rings (SSSR count). The number of halogens is 1. The van der Waals surface area contributed by atoms with Crippen LogP contribution in [0.2, 0.25) is 0 Å². The summed E-state index contributed by atoms with van der Waals surface area (Å²) in [5, 5.41) is 34.7. The summed E-state index contributed by atoms with van der Waals surface area (Å²) in [6, 6.07) is 3.74. The number of pyridine rings is 2. The van der Waals surface area contributed by atoms with Crippen LogP contribution in [-0.2, 0) is 0 Å². The molecule has 4 N–H and O–H groups in total. The molecule has 3 heterocycles. The first kappa shape index (κ1) is 25.2. The molecule has 1 amide bonds. The molecule has 184 valence electrons. The number of hydrogen-bond donors (Lipinski definition) is 4. The third kappa shape index (κ3) is 6.32. The molecule has 0 radical (unpaired) electrons. The highest BCUT2D eigenvalue weighted by Crippen LogP contribution is 2.28. The molecule has 13 heteroatoms. The summed E-state index contributed by atoms with van der Waals surface area (Å²) in [4.78, 5) is 19.6. The molecule has 12 nitrogen and oxygen atoms in total. The van der Waals surface area contributed by atoms with Gasteiger partial charge in [0.1, 0.15) is 11.8 Å². The summed E-state index contributed by atoms with van der Waals surface area (Å²) in [5.41, 5.74) is 0.935. The molecule has 0 aliphatic heterocycles. The lowest BCUT2D eigenvalue weighted by molar-refractivity contribution is 0.189. The molecule has 0 bridgehead atoms. The van der Waals surface area contributed by atoms with Gasteiger partial charge in [0.25, 0.3) is 0 Å². The number of carboxylic acid groups (broad SMARTS) is 1. The van der Waals surface area contributed by atoms with Gasteiger partial charge < -0.3 is 25.8 Å². The van der Waals surface area contributed by atoms with Gasteiger partial charge in [0.2, 0.25) is 5.88 Å². The Kier molecular flexibility index (Phi) is 8.33. The molecule has 0 saturated heterocycles. The van der Waals surface area contributed by atoms with E-state index in [2.05, 4.69) is 36.2 Å². The minimum absolute atomic E-state index is 0.0204. The second-order valence-electron chi connectivity index (χ2n) is 7.56. The van der Waals surface area contributed by atoms with E-state index in [0.29, 0.717) is 30.3 Å². The van der Waals surface area contributed by atoms with E-state index in [1.807, 2.05) is 19.9 Å². The highest BCUT2D eigenvalue weighted by atomic mass is 19.1. The number of hydrogen-bond acceptors (Lipinski definition) is 9. The predicted molar refractivity (Wildman–Crippen MR) is 125 cm³/mol. The number of rotatable bonds is 11. The van der Waals surface area contributed by atoms with Gasteiger partial charge in [-0.05, 0) is 32.4 Å². The van der Waals surface area contributed by atoms with Crippen molar-refractivity contribution in [2.45, 2.75) is 45.7 Å². The average Bonchev–Trinajstić information content (AvgIpc) is 3.36. The van der Waals surface area contributed by atoms with Crippen molar-refractivity contribution in [1.82, 2.24) is 30.3 Å². The van der Waals surface area contributed by atoms with Crippen molar-refractivity contribution in [2.75, 3.05) is 17.2 Å². The van der Waals surface area contributed by atoms with Crippen LogP contribution in [0.4, 0.5) is 26.5 Å². The number of anilines is 3. The Labute approximate surface area is 201 Å². The maximum Gasteiger partial charge on any atom is 0.404 e. The molecule has 35 heavy (non-hydrogen) atoms.